The predicted molar refractivity (Wildman–Crippen MR) is 68.7 cm³/mol. The Hall–Kier alpha value is -2.30. The highest BCUT2D eigenvalue weighted by Gasteiger charge is 2.10. The van der Waals surface area contributed by atoms with E-state index in [1.54, 1.807) is 11.4 Å². The Labute approximate surface area is 103 Å². The van der Waals surface area contributed by atoms with Crippen molar-refractivity contribution in [3.05, 3.63) is 46.1 Å². The normalized spacial score (nSPS) is 11.2. The summed E-state index contributed by atoms with van der Waals surface area (Å²) in [4.78, 5) is 20.3. The molecule has 0 unspecified atom stereocenters. The summed E-state index contributed by atoms with van der Waals surface area (Å²) in [7, 11) is 0. The number of para-hydroxylation sites is 1. The van der Waals surface area contributed by atoms with Crippen LogP contribution in [-0.4, -0.2) is 19.6 Å². The van der Waals surface area contributed by atoms with Gasteiger partial charge in [0.2, 0.25) is 0 Å². The smallest absolute Gasteiger partial charge is 0.265 e. The number of hydrogen-bond acceptors (Lipinski definition) is 4. The van der Waals surface area contributed by atoms with Crippen LogP contribution < -0.4 is 5.56 Å². The summed E-state index contributed by atoms with van der Waals surface area (Å²) < 4.78 is 1.67. The third kappa shape index (κ3) is 1.48. The van der Waals surface area contributed by atoms with Crippen LogP contribution in [0.25, 0.3) is 16.6 Å². The van der Waals surface area contributed by atoms with Gasteiger partial charge in [0.25, 0.3) is 5.56 Å². The molecule has 5 nitrogen and oxygen atoms in total. The number of aromatic nitrogens is 4. The Morgan fingerprint density at radius 3 is 2.78 bits per heavy atom. The van der Waals surface area contributed by atoms with Crippen molar-refractivity contribution in [3.63, 3.8) is 0 Å². The molecule has 3 rings (SSSR count). The van der Waals surface area contributed by atoms with E-state index >= 15 is 0 Å². The molecule has 18 heavy (non-hydrogen) atoms. The maximum atomic E-state index is 11.7. The van der Waals surface area contributed by atoms with Gasteiger partial charge in [0.05, 0.1) is 5.52 Å². The molecular weight excluding hydrogens is 228 g/mol. The van der Waals surface area contributed by atoms with Gasteiger partial charge in [-0.3, -0.25) is 4.79 Å². The molecule has 0 N–H and O–H groups in total. The molecule has 0 aliphatic carbocycles. The molecule has 1 aromatic carbocycles. The summed E-state index contributed by atoms with van der Waals surface area (Å²) in [6.07, 6.45) is 0.734. The molecule has 0 saturated heterocycles. The van der Waals surface area contributed by atoms with Crippen molar-refractivity contribution in [1.82, 2.24) is 19.6 Å². The second-order valence-electron chi connectivity index (χ2n) is 4.14. The minimum absolute atomic E-state index is 0.284. The van der Waals surface area contributed by atoms with Crippen molar-refractivity contribution >= 4 is 16.6 Å². The fourth-order valence-corrected chi connectivity index (χ4v) is 1.99. The van der Waals surface area contributed by atoms with Gasteiger partial charge in [0, 0.05) is 11.8 Å². The quantitative estimate of drug-likeness (QED) is 0.605. The van der Waals surface area contributed by atoms with Crippen LogP contribution in [0.4, 0.5) is 0 Å². The molecule has 0 atom stereocenters. The van der Waals surface area contributed by atoms with Crippen LogP contribution in [0.3, 0.4) is 0 Å². The molecule has 0 fully saturated rings. The zero-order valence-corrected chi connectivity index (χ0v) is 10.2. The van der Waals surface area contributed by atoms with Crippen molar-refractivity contribution in [2.45, 2.75) is 20.3 Å². The van der Waals surface area contributed by atoms with Crippen LogP contribution in [0, 0.1) is 6.92 Å². The Balaban J connectivity index is 2.61. The zero-order valence-electron chi connectivity index (χ0n) is 10.2. The van der Waals surface area contributed by atoms with Crippen molar-refractivity contribution in [3.8, 4) is 0 Å². The zero-order chi connectivity index (χ0) is 12.7. The molecule has 0 aliphatic heterocycles. The fourth-order valence-electron chi connectivity index (χ4n) is 1.99. The lowest BCUT2D eigenvalue weighted by atomic mass is 10.2. The highest BCUT2D eigenvalue weighted by atomic mass is 16.1. The van der Waals surface area contributed by atoms with Crippen molar-refractivity contribution in [2.75, 3.05) is 0 Å². The first-order valence-electron chi connectivity index (χ1n) is 5.86. The van der Waals surface area contributed by atoms with Crippen LogP contribution in [0.1, 0.15) is 18.4 Å². The van der Waals surface area contributed by atoms with E-state index in [0.717, 1.165) is 23.1 Å². The second kappa shape index (κ2) is 3.87. The standard InChI is InChI=1S/C13H12N4O/c1-3-11-14-10-7-5-4-6-9(10)12-15-13(18)8(2)16-17(11)12/h4-7H,3H2,1-2H3. The van der Waals surface area contributed by atoms with E-state index < -0.39 is 0 Å². The number of benzene rings is 1. The van der Waals surface area contributed by atoms with E-state index in [0.29, 0.717) is 11.3 Å². The second-order valence-corrected chi connectivity index (χ2v) is 4.14. The number of hydrogen-bond donors (Lipinski definition) is 0. The summed E-state index contributed by atoms with van der Waals surface area (Å²) in [5.74, 6) is 0.805. The molecule has 2 aromatic heterocycles. The lowest BCUT2D eigenvalue weighted by Crippen LogP contribution is -2.19. The molecular formula is C13H12N4O. The van der Waals surface area contributed by atoms with Crippen LogP contribution in [-0.2, 0) is 6.42 Å². The fraction of sp³-hybridized carbons (Fsp3) is 0.231. The molecule has 0 spiro atoms. The van der Waals surface area contributed by atoms with Gasteiger partial charge >= 0.3 is 0 Å². The van der Waals surface area contributed by atoms with Crippen molar-refractivity contribution in [1.29, 1.82) is 0 Å². The first kappa shape index (κ1) is 10.8. The molecule has 3 aromatic rings. The Morgan fingerprint density at radius 1 is 1.22 bits per heavy atom. The van der Waals surface area contributed by atoms with Crippen LogP contribution in [0.15, 0.2) is 29.1 Å². The molecule has 0 saturated carbocycles. The van der Waals surface area contributed by atoms with E-state index in [1.165, 1.54) is 0 Å². The number of nitrogens with zero attached hydrogens (tertiary/aromatic N) is 4. The average Bonchev–Trinajstić information content (AvgIpc) is 2.39. The third-order valence-corrected chi connectivity index (χ3v) is 2.92. The largest absolute Gasteiger partial charge is 0.294 e. The van der Waals surface area contributed by atoms with Crippen LogP contribution in [0.5, 0.6) is 0 Å². The minimum Gasteiger partial charge on any atom is -0.265 e. The van der Waals surface area contributed by atoms with Gasteiger partial charge < -0.3 is 0 Å². The summed E-state index contributed by atoms with van der Waals surface area (Å²) in [5, 5.41) is 5.12. The Bertz CT molecular complexity index is 807. The van der Waals surface area contributed by atoms with Gasteiger partial charge in [-0.25, -0.2) is 4.98 Å². The highest BCUT2D eigenvalue weighted by molar-refractivity contribution is 5.90. The van der Waals surface area contributed by atoms with E-state index in [2.05, 4.69) is 15.1 Å². The maximum absolute atomic E-state index is 11.7. The SMILES string of the molecule is CCc1nc2ccccc2c2nc(=O)c(C)nn12. The van der Waals surface area contributed by atoms with Gasteiger partial charge in [-0.05, 0) is 19.1 Å². The van der Waals surface area contributed by atoms with Gasteiger partial charge in [0.15, 0.2) is 5.65 Å². The van der Waals surface area contributed by atoms with Crippen molar-refractivity contribution < 1.29 is 0 Å². The molecule has 0 aliphatic rings. The van der Waals surface area contributed by atoms with Crippen LogP contribution in [0.2, 0.25) is 0 Å². The van der Waals surface area contributed by atoms with E-state index in [4.69, 9.17) is 0 Å². The number of fused-ring (bicyclic) bond motifs is 3. The molecule has 0 amide bonds. The Kier molecular flexibility index (Phi) is 2.33. The minimum atomic E-state index is -0.284. The van der Waals surface area contributed by atoms with Crippen molar-refractivity contribution in [2.24, 2.45) is 0 Å². The first-order valence-corrected chi connectivity index (χ1v) is 5.86. The Morgan fingerprint density at radius 2 is 2.00 bits per heavy atom. The topological polar surface area (TPSA) is 60.2 Å². The van der Waals surface area contributed by atoms with Gasteiger partial charge in [-0.15, -0.1) is 0 Å². The first-order chi connectivity index (χ1) is 8.70. The summed E-state index contributed by atoms with van der Waals surface area (Å²) in [5.41, 5.74) is 1.52. The monoisotopic (exact) mass is 240 g/mol. The molecule has 0 bridgehead atoms. The number of aryl methyl sites for hydroxylation is 2. The van der Waals surface area contributed by atoms with Gasteiger partial charge in [-0.2, -0.15) is 14.6 Å². The molecule has 90 valence electrons. The summed E-state index contributed by atoms with van der Waals surface area (Å²) in [6, 6.07) is 7.65. The van der Waals surface area contributed by atoms with E-state index in [-0.39, 0.29) is 5.56 Å². The van der Waals surface area contributed by atoms with Gasteiger partial charge in [0.1, 0.15) is 11.5 Å². The average molecular weight is 240 g/mol. The van der Waals surface area contributed by atoms with E-state index in [9.17, 15) is 4.79 Å². The number of rotatable bonds is 1. The summed E-state index contributed by atoms with van der Waals surface area (Å²) in [6.45, 7) is 3.67. The lowest BCUT2D eigenvalue weighted by Gasteiger charge is -2.08. The summed E-state index contributed by atoms with van der Waals surface area (Å²) >= 11 is 0. The molecule has 2 heterocycles. The van der Waals surface area contributed by atoms with E-state index in [1.807, 2.05) is 31.2 Å². The molecule has 5 heteroatoms. The van der Waals surface area contributed by atoms with Gasteiger partial charge in [-0.1, -0.05) is 19.1 Å². The highest BCUT2D eigenvalue weighted by Crippen LogP contribution is 2.16. The predicted octanol–water partition coefficient (Wildman–Crippen LogP) is 1.51. The maximum Gasteiger partial charge on any atom is 0.294 e. The molecule has 0 radical (unpaired) electrons. The third-order valence-electron chi connectivity index (χ3n) is 2.92. The van der Waals surface area contributed by atoms with Crippen LogP contribution >= 0.6 is 0 Å². The lowest BCUT2D eigenvalue weighted by molar-refractivity contribution is 0.765.